The molecule has 120 valence electrons. The van der Waals surface area contributed by atoms with Gasteiger partial charge in [0.25, 0.3) is 0 Å². The summed E-state index contributed by atoms with van der Waals surface area (Å²) in [6.45, 7) is 4.98. The first-order chi connectivity index (χ1) is 10.9. The van der Waals surface area contributed by atoms with Crippen LogP contribution in [-0.4, -0.2) is 22.8 Å². The van der Waals surface area contributed by atoms with Gasteiger partial charge in [-0.2, -0.15) is 0 Å². The summed E-state index contributed by atoms with van der Waals surface area (Å²) in [4.78, 5) is 26.9. The highest BCUT2D eigenvalue weighted by atomic mass is 16.5. The first-order valence-corrected chi connectivity index (χ1v) is 7.22. The van der Waals surface area contributed by atoms with E-state index in [1.807, 2.05) is 31.2 Å². The monoisotopic (exact) mass is 313 g/mol. The number of ether oxygens (including phenoxy) is 1. The Morgan fingerprint density at radius 2 is 1.83 bits per heavy atom. The van der Waals surface area contributed by atoms with E-state index >= 15 is 0 Å². The van der Waals surface area contributed by atoms with E-state index in [1.54, 1.807) is 19.1 Å². The average molecular weight is 313 g/mol. The lowest BCUT2D eigenvalue weighted by atomic mass is 10.2. The zero-order valence-electron chi connectivity index (χ0n) is 13.3. The van der Waals surface area contributed by atoms with Crippen molar-refractivity contribution in [1.29, 1.82) is 0 Å². The number of carbonyl (C=O) groups excluding carboxylic acids is 2. The highest BCUT2D eigenvalue weighted by molar-refractivity contribution is 5.96. The van der Waals surface area contributed by atoms with Crippen LogP contribution in [0.4, 0.5) is 5.69 Å². The van der Waals surface area contributed by atoms with E-state index in [0.29, 0.717) is 17.3 Å². The number of benzene rings is 1. The lowest BCUT2D eigenvalue weighted by Gasteiger charge is -2.12. The van der Waals surface area contributed by atoms with Crippen molar-refractivity contribution in [3.05, 3.63) is 48.2 Å². The number of aromatic nitrogens is 1. The average Bonchev–Trinajstić information content (AvgIpc) is 2.51. The number of rotatable bonds is 5. The van der Waals surface area contributed by atoms with E-state index in [2.05, 4.69) is 15.6 Å². The molecule has 6 heteroatoms. The van der Waals surface area contributed by atoms with Gasteiger partial charge in [-0.1, -0.05) is 17.7 Å². The number of anilines is 1. The first-order valence-electron chi connectivity index (χ1n) is 7.22. The zero-order valence-corrected chi connectivity index (χ0v) is 13.3. The second-order valence-electron chi connectivity index (χ2n) is 5.21. The highest BCUT2D eigenvalue weighted by Gasteiger charge is 2.13. The molecule has 0 aliphatic heterocycles. The van der Waals surface area contributed by atoms with E-state index in [4.69, 9.17) is 4.74 Å². The van der Waals surface area contributed by atoms with Crippen molar-refractivity contribution < 1.29 is 14.3 Å². The number of hydrogen-bond donors (Lipinski definition) is 2. The number of nitrogens with zero attached hydrogens (tertiary/aromatic N) is 1. The third-order valence-corrected chi connectivity index (χ3v) is 3.06. The maximum Gasteiger partial charge on any atom is 0.246 e. The van der Waals surface area contributed by atoms with Gasteiger partial charge in [0, 0.05) is 13.0 Å². The highest BCUT2D eigenvalue weighted by Crippen LogP contribution is 2.20. The van der Waals surface area contributed by atoms with Gasteiger partial charge in [-0.05, 0) is 32.0 Å². The van der Waals surface area contributed by atoms with Gasteiger partial charge in [0.05, 0.1) is 11.9 Å². The van der Waals surface area contributed by atoms with Gasteiger partial charge < -0.3 is 15.4 Å². The second kappa shape index (κ2) is 7.40. The van der Waals surface area contributed by atoms with Gasteiger partial charge in [0.15, 0.2) is 0 Å². The molecule has 0 spiro atoms. The molecule has 0 saturated heterocycles. The fourth-order valence-electron chi connectivity index (χ4n) is 1.86. The molecule has 2 aromatic rings. The van der Waals surface area contributed by atoms with Crippen LogP contribution in [0, 0.1) is 6.92 Å². The van der Waals surface area contributed by atoms with E-state index in [0.717, 1.165) is 5.56 Å². The maximum atomic E-state index is 11.9. The topological polar surface area (TPSA) is 80.3 Å². The van der Waals surface area contributed by atoms with Crippen molar-refractivity contribution in [3.8, 4) is 11.6 Å². The van der Waals surface area contributed by atoms with Crippen LogP contribution in [0.5, 0.6) is 11.6 Å². The Labute approximate surface area is 134 Å². The molecule has 0 fully saturated rings. The summed E-state index contributed by atoms with van der Waals surface area (Å²) in [6.07, 6.45) is 1.50. The second-order valence-corrected chi connectivity index (χ2v) is 5.21. The van der Waals surface area contributed by atoms with E-state index in [1.165, 1.54) is 13.1 Å². The zero-order chi connectivity index (χ0) is 16.8. The molecule has 1 unspecified atom stereocenters. The molecule has 2 N–H and O–H groups in total. The van der Waals surface area contributed by atoms with Crippen LogP contribution in [0.2, 0.25) is 0 Å². The van der Waals surface area contributed by atoms with Gasteiger partial charge in [-0.25, -0.2) is 4.98 Å². The fourth-order valence-corrected chi connectivity index (χ4v) is 1.86. The summed E-state index contributed by atoms with van der Waals surface area (Å²) in [5, 5.41) is 5.19. The summed E-state index contributed by atoms with van der Waals surface area (Å²) in [5.41, 5.74) is 1.68. The predicted molar refractivity (Wildman–Crippen MR) is 87.4 cm³/mol. The van der Waals surface area contributed by atoms with Crippen LogP contribution in [0.25, 0.3) is 0 Å². The molecular weight excluding hydrogens is 294 g/mol. The molecular formula is C17H19N3O3. The molecule has 1 atom stereocenters. The van der Waals surface area contributed by atoms with Gasteiger partial charge in [-0.3, -0.25) is 9.59 Å². The van der Waals surface area contributed by atoms with Crippen molar-refractivity contribution in [2.45, 2.75) is 26.8 Å². The minimum absolute atomic E-state index is 0.257. The number of aryl methyl sites for hydroxylation is 1. The molecule has 1 aromatic heterocycles. The molecule has 0 aliphatic carbocycles. The smallest absolute Gasteiger partial charge is 0.246 e. The molecule has 6 nitrogen and oxygen atoms in total. The molecule has 23 heavy (non-hydrogen) atoms. The number of pyridine rings is 1. The number of nitrogens with one attached hydrogen (secondary N) is 2. The van der Waals surface area contributed by atoms with Crippen LogP contribution in [-0.2, 0) is 9.59 Å². The lowest BCUT2D eigenvalue weighted by Crippen LogP contribution is -2.40. The SMILES string of the molecule is CC(=O)NC(C)C(=O)Nc1ccc(Oc2ccc(C)cc2)nc1. The van der Waals surface area contributed by atoms with E-state index in [-0.39, 0.29) is 11.8 Å². The largest absolute Gasteiger partial charge is 0.439 e. The van der Waals surface area contributed by atoms with Gasteiger partial charge in [0.1, 0.15) is 11.8 Å². The Kier molecular flexibility index (Phi) is 5.30. The maximum absolute atomic E-state index is 11.9. The molecule has 2 rings (SSSR count). The Morgan fingerprint density at radius 1 is 1.13 bits per heavy atom. The van der Waals surface area contributed by atoms with Crippen molar-refractivity contribution in [1.82, 2.24) is 10.3 Å². The van der Waals surface area contributed by atoms with Crippen LogP contribution < -0.4 is 15.4 Å². The number of carbonyl (C=O) groups is 2. The summed E-state index contributed by atoms with van der Waals surface area (Å²) >= 11 is 0. The lowest BCUT2D eigenvalue weighted by molar-refractivity contribution is -0.124. The number of amides is 2. The Hall–Kier alpha value is -2.89. The van der Waals surface area contributed by atoms with Crippen molar-refractivity contribution in [2.24, 2.45) is 0 Å². The fraction of sp³-hybridized carbons (Fsp3) is 0.235. The molecule has 2 amide bonds. The van der Waals surface area contributed by atoms with Gasteiger partial charge >= 0.3 is 0 Å². The summed E-state index contributed by atoms with van der Waals surface area (Å²) in [7, 11) is 0. The first kappa shape index (κ1) is 16.5. The standard InChI is InChI=1S/C17H19N3O3/c1-11-4-7-15(8-5-11)23-16-9-6-14(10-18-16)20-17(22)12(2)19-13(3)21/h4-10,12H,1-3H3,(H,19,21)(H,20,22). The minimum Gasteiger partial charge on any atom is -0.439 e. The van der Waals surface area contributed by atoms with Crippen LogP contribution in [0.1, 0.15) is 19.4 Å². The Morgan fingerprint density at radius 3 is 2.39 bits per heavy atom. The van der Waals surface area contributed by atoms with Crippen LogP contribution in [0.3, 0.4) is 0 Å². The predicted octanol–water partition coefficient (Wildman–Crippen LogP) is 2.65. The quantitative estimate of drug-likeness (QED) is 0.889. The summed E-state index contributed by atoms with van der Waals surface area (Å²) in [6, 6.07) is 10.4. The van der Waals surface area contributed by atoms with Gasteiger partial charge in [0.2, 0.25) is 17.7 Å². The van der Waals surface area contributed by atoms with Crippen LogP contribution in [0.15, 0.2) is 42.6 Å². The molecule has 0 aliphatic rings. The Balaban J connectivity index is 1.95. The molecule has 0 radical (unpaired) electrons. The summed E-state index contributed by atoms with van der Waals surface area (Å²) in [5.74, 6) is 0.558. The van der Waals surface area contributed by atoms with Crippen molar-refractivity contribution in [3.63, 3.8) is 0 Å². The summed E-state index contributed by atoms with van der Waals surface area (Å²) < 4.78 is 5.61. The number of hydrogen-bond acceptors (Lipinski definition) is 4. The molecule has 0 saturated carbocycles. The van der Waals surface area contributed by atoms with E-state index < -0.39 is 6.04 Å². The minimum atomic E-state index is -0.615. The molecule has 1 aromatic carbocycles. The van der Waals surface area contributed by atoms with Crippen molar-refractivity contribution in [2.75, 3.05) is 5.32 Å². The normalized spacial score (nSPS) is 11.4. The third-order valence-electron chi connectivity index (χ3n) is 3.06. The van der Waals surface area contributed by atoms with Crippen molar-refractivity contribution >= 4 is 17.5 Å². The van der Waals surface area contributed by atoms with E-state index in [9.17, 15) is 9.59 Å². The molecule has 1 heterocycles. The third kappa shape index (κ3) is 5.10. The van der Waals surface area contributed by atoms with Gasteiger partial charge in [-0.15, -0.1) is 0 Å². The Bertz CT molecular complexity index is 681. The van der Waals surface area contributed by atoms with Crippen LogP contribution >= 0.6 is 0 Å². The molecule has 0 bridgehead atoms.